The molecule has 6 rings (SSSR count). The molecular weight excluding hydrogens is 550 g/mol. The average Bonchev–Trinajstić information content (AvgIpc) is 3.43. The number of hydrogen-bond donors (Lipinski definition) is 2. The molecule has 0 saturated carbocycles. The minimum absolute atomic E-state index is 0.224. The maximum Gasteiger partial charge on any atom is 0.345 e. The molecule has 6 aromatic rings. The zero-order valence-corrected chi connectivity index (χ0v) is 23.2. The highest BCUT2D eigenvalue weighted by molar-refractivity contribution is 6.33. The first-order valence-corrected chi connectivity index (χ1v) is 13.5. The van der Waals surface area contributed by atoms with Crippen LogP contribution >= 0.6 is 11.6 Å². The van der Waals surface area contributed by atoms with Gasteiger partial charge in [0.05, 0.1) is 29.4 Å². The van der Waals surface area contributed by atoms with Gasteiger partial charge in [0.2, 0.25) is 0 Å². The van der Waals surface area contributed by atoms with Crippen molar-refractivity contribution >= 4 is 51.4 Å². The fraction of sp³-hybridized carbons (Fsp3) is 0.0294. The summed E-state index contributed by atoms with van der Waals surface area (Å²) in [6, 6.07) is 33.5. The van der Waals surface area contributed by atoms with Crippen LogP contribution in [0.3, 0.4) is 0 Å². The van der Waals surface area contributed by atoms with Gasteiger partial charge in [-0.15, -0.1) is 0 Å². The monoisotopic (exact) mass is 573 g/mol. The molecule has 0 aliphatic heterocycles. The molecular formula is C34H24ClN3O4. The van der Waals surface area contributed by atoms with Crippen molar-refractivity contribution in [2.24, 2.45) is 5.10 Å². The number of nitrogens with zero attached hydrogens (tertiary/aromatic N) is 1. The number of H-pyrrole nitrogens is 1. The predicted molar refractivity (Wildman–Crippen MR) is 166 cm³/mol. The van der Waals surface area contributed by atoms with Gasteiger partial charge in [-0.05, 0) is 46.8 Å². The molecule has 1 amide bonds. The maximum atomic E-state index is 13.4. The number of amides is 1. The quantitative estimate of drug-likeness (QED) is 0.0888. The first-order chi connectivity index (χ1) is 20.5. The molecule has 1 aromatic heterocycles. The Morgan fingerprint density at radius 2 is 1.60 bits per heavy atom. The molecule has 0 atom stereocenters. The normalized spacial score (nSPS) is 11.2. The number of carbonyl (C=O) groups excluding carboxylic acids is 2. The molecule has 2 N–H and O–H groups in total. The number of benzene rings is 5. The van der Waals surface area contributed by atoms with Gasteiger partial charge in [-0.25, -0.2) is 10.2 Å². The van der Waals surface area contributed by atoms with Gasteiger partial charge in [-0.1, -0.05) is 90.5 Å². The number of hydrogen-bond acceptors (Lipinski definition) is 5. The van der Waals surface area contributed by atoms with E-state index in [1.807, 2.05) is 60.7 Å². The standard InChI is InChI=1S/C34H24ClN3O4/c1-41-29-19-21(15-18-28(29)42-34(40)25-13-7-8-14-27(25)35)20-36-38-33(39)32-30(23-10-3-2-4-11-23)26-17-16-22-9-5-6-12-24(22)31(26)37-32/h2-20,37H,1H3,(H,38,39). The second kappa shape index (κ2) is 11.6. The molecule has 0 fully saturated rings. The van der Waals surface area contributed by atoms with E-state index in [2.05, 4.69) is 21.6 Å². The van der Waals surface area contributed by atoms with Crippen LogP contribution in [0.5, 0.6) is 11.5 Å². The summed E-state index contributed by atoms with van der Waals surface area (Å²) in [5, 5.41) is 7.52. The lowest BCUT2D eigenvalue weighted by Gasteiger charge is -2.10. The zero-order chi connectivity index (χ0) is 29.1. The molecule has 1 heterocycles. The number of halogens is 1. The Labute approximate surface area is 246 Å². The highest BCUT2D eigenvalue weighted by Gasteiger charge is 2.20. The number of aromatic amines is 1. The third kappa shape index (κ3) is 5.21. The lowest BCUT2D eigenvalue weighted by atomic mass is 9.99. The van der Waals surface area contributed by atoms with Crippen LogP contribution < -0.4 is 14.9 Å². The van der Waals surface area contributed by atoms with E-state index in [1.54, 1.807) is 42.5 Å². The summed E-state index contributed by atoms with van der Waals surface area (Å²) in [6.45, 7) is 0. The van der Waals surface area contributed by atoms with Gasteiger partial charge in [0, 0.05) is 16.3 Å². The van der Waals surface area contributed by atoms with Gasteiger partial charge in [0.25, 0.3) is 5.91 Å². The van der Waals surface area contributed by atoms with E-state index in [4.69, 9.17) is 21.1 Å². The van der Waals surface area contributed by atoms with Crippen LogP contribution in [0.15, 0.2) is 114 Å². The third-order valence-corrected chi connectivity index (χ3v) is 7.18. The zero-order valence-electron chi connectivity index (χ0n) is 22.4. The van der Waals surface area contributed by atoms with Gasteiger partial charge < -0.3 is 14.5 Å². The Balaban J connectivity index is 1.26. The Morgan fingerprint density at radius 1 is 0.833 bits per heavy atom. The first kappa shape index (κ1) is 26.8. The second-order valence-electron chi connectivity index (χ2n) is 9.43. The molecule has 42 heavy (non-hydrogen) atoms. The Kier molecular flexibility index (Phi) is 7.41. The van der Waals surface area contributed by atoms with E-state index in [0.29, 0.717) is 22.0 Å². The molecule has 0 aliphatic rings. The van der Waals surface area contributed by atoms with Crippen LogP contribution in [-0.2, 0) is 0 Å². The summed E-state index contributed by atoms with van der Waals surface area (Å²) >= 11 is 6.12. The van der Waals surface area contributed by atoms with E-state index in [9.17, 15) is 9.59 Å². The summed E-state index contributed by atoms with van der Waals surface area (Å²) in [5.74, 6) is -0.448. The molecule has 0 saturated heterocycles. The topological polar surface area (TPSA) is 92.8 Å². The van der Waals surface area contributed by atoms with Gasteiger partial charge >= 0.3 is 5.97 Å². The van der Waals surface area contributed by atoms with E-state index in [1.165, 1.54) is 13.3 Å². The maximum absolute atomic E-state index is 13.4. The molecule has 0 aliphatic carbocycles. The van der Waals surface area contributed by atoms with E-state index >= 15 is 0 Å². The number of carbonyl (C=O) groups is 2. The van der Waals surface area contributed by atoms with Crippen molar-refractivity contribution in [3.63, 3.8) is 0 Å². The summed E-state index contributed by atoms with van der Waals surface area (Å²) in [6.07, 6.45) is 1.49. The number of esters is 1. The van der Waals surface area contributed by atoms with Gasteiger partial charge in [0.1, 0.15) is 5.69 Å². The molecule has 0 bridgehead atoms. The summed E-state index contributed by atoms with van der Waals surface area (Å²) in [5.41, 5.74) is 6.51. The molecule has 5 aromatic carbocycles. The van der Waals surface area contributed by atoms with Crippen LogP contribution in [0.1, 0.15) is 26.4 Å². The predicted octanol–water partition coefficient (Wildman–Crippen LogP) is 7.63. The molecule has 0 unspecified atom stereocenters. The summed E-state index contributed by atoms with van der Waals surface area (Å²) in [7, 11) is 1.47. The van der Waals surface area contributed by atoms with Crippen LogP contribution in [0.25, 0.3) is 32.8 Å². The number of hydrazone groups is 1. The first-order valence-electron chi connectivity index (χ1n) is 13.1. The van der Waals surface area contributed by atoms with E-state index in [-0.39, 0.29) is 17.2 Å². The molecule has 7 nitrogen and oxygen atoms in total. The van der Waals surface area contributed by atoms with Crippen LogP contribution in [-0.4, -0.2) is 30.2 Å². The third-order valence-electron chi connectivity index (χ3n) is 6.85. The second-order valence-corrected chi connectivity index (χ2v) is 9.84. The molecule has 8 heteroatoms. The van der Waals surface area contributed by atoms with Gasteiger partial charge in [-0.2, -0.15) is 5.10 Å². The lowest BCUT2D eigenvalue weighted by molar-refractivity contribution is 0.0729. The van der Waals surface area contributed by atoms with Crippen LogP contribution in [0.2, 0.25) is 5.02 Å². The van der Waals surface area contributed by atoms with Crippen molar-refractivity contribution in [3.05, 3.63) is 131 Å². The SMILES string of the molecule is COc1cc(C=NNC(=O)c2[nH]c3c(ccc4ccccc43)c2-c2ccccc2)ccc1OC(=O)c1ccccc1Cl. The van der Waals surface area contributed by atoms with E-state index < -0.39 is 5.97 Å². The number of rotatable bonds is 7. The summed E-state index contributed by atoms with van der Waals surface area (Å²) in [4.78, 5) is 29.4. The van der Waals surface area contributed by atoms with Gasteiger partial charge in [-0.3, -0.25) is 4.79 Å². The smallest absolute Gasteiger partial charge is 0.345 e. The molecule has 206 valence electrons. The van der Waals surface area contributed by atoms with E-state index in [0.717, 1.165) is 32.8 Å². The number of nitrogens with one attached hydrogen (secondary N) is 2. The minimum atomic E-state index is -0.604. The minimum Gasteiger partial charge on any atom is -0.493 e. The van der Waals surface area contributed by atoms with Crippen molar-refractivity contribution in [2.45, 2.75) is 0 Å². The Morgan fingerprint density at radius 3 is 2.40 bits per heavy atom. The van der Waals surface area contributed by atoms with Crippen molar-refractivity contribution in [1.29, 1.82) is 0 Å². The van der Waals surface area contributed by atoms with Crippen molar-refractivity contribution in [2.75, 3.05) is 7.11 Å². The highest BCUT2D eigenvalue weighted by atomic mass is 35.5. The molecule has 0 radical (unpaired) electrons. The van der Waals surface area contributed by atoms with Crippen LogP contribution in [0.4, 0.5) is 0 Å². The fourth-order valence-electron chi connectivity index (χ4n) is 4.86. The number of fused-ring (bicyclic) bond motifs is 3. The van der Waals surface area contributed by atoms with Crippen molar-refractivity contribution < 1.29 is 19.1 Å². The number of aromatic nitrogens is 1. The summed E-state index contributed by atoms with van der Waals surface area (Å²) < 4.78 is 10.9. The van der Waals surface area contributed by atoms with Gasteiger partial charge in [0.15, 0.2) is 11.5 Å². The van der Waals surface area contributed by atoms with Crippen LogP contribution in [0, 0.1) is 0 Å². The Bertz CT molecular complexity index is 1980. The lowest BCUT2D eigenvalue weighted by Crippen LogP contribution is -2.18. The number of ether oxygens (including phenoxy) is 2. The number of methoxy groups -OCH3 is 1. The van der Waals surface area contributed by atoms with Crippen molar-refractivity contribution in [3.8, 4) is 22.6 Å². The Hall–Kier alpha value is -5.40. The molecule has 0 spiro atoms. The average molecular weight is 574 g/mol. The van der Waals surface area contributed by atoms with Crippen molar-refractivity contribution in [1.82, 2.24) is 10.4 Å². The largest absolute Gasteiger partial charge is 0.493 e. The highest BCUT2D eigenvalue weighted by Crippen LogP contribution is 2.36. The fourth-order valence-corrected chi connectivity index (χ4v) is 5.08.